The summed E-state index contributed by atoms with van der Waals surface area (Å²) in [6.45, 7) is 4.12. The highest BCUT2D eigenvalue weighted by Gasteiger charge is 2.07. The van der Waals surface area contributed by atoms with Gasteiger partial charge in [-0.05, 0) is 12.8 Å². The van der Waals surface area contributed by atoms with Gasteiger partial charge in [-0.15, -0.1) is 0 Å². The molecule has 0 radical (unpaired) electrons. The number of nitrogens with one attached hydrogen (secondary N) is 2. The van der Waals surface area contributed by atoms with Gasteiger partial charge in [0.15, 0.2) is 0 Å². The van der Waals surface area contributed by atoms with Crippen molar-refractivity contribution in [1.82, 2.24) is 10.8 Å². The van der Waals surface area contributed by atoms with Crippen LogP contribution in [0.15, 0.2) is 0 Å². The Balaban J connectivity index is 3.33. The van der Waals surface area contributed by atoms with Crippen molar-refractivity contribution in [2.24, 2.45) is 0 Å². The first-order valence-corrected chi connectivity index (χ1v) is 6.93. The fourth-order valence-electron chi connectivity index (χ4n) is 1.73. The highest BCUT2D eigenvalue weighted by Crippen LogP contribution is 2.08. The first-order chi connectivity index (χ1) is 8.24. The Bertz CT molecular complexity index is 182. The summed E-state index contributed by atoms with van der Waals surface area (Å²) in [7, 11) is 0. The van der Waals surface area contributed by atoms with Crippen molar-refractivity contribution in [3.63, 3.8) is 0 Å². The van der Waals surface area contributed by atoms with E-state index in [1.807, 2.05) is 6.92 Å². The normalized spacial score (nSPS) is 12.4. The lowest BCUT2D eigenvalue weighted by Gasteiger charge is -2.14. The average molecular weight is 244 g/mol. The Kier molecular flexibility index (Phi) is 11.4. The minimum atomic E-state index is -0.313. The van der Waals surface area contributed by atoms with Crippen LogP contribution in [-0.4, -0.2) is 17.3 Å². The maximum atomic E-state index is 11.4. The van der Waals surface area contributed by atoms with Gasteiger partial charge < -0.3 is 10.5 Å². The number of carbonyl (C=O) groups is 1. The van der Waals surface area contributed by atoms with Crippen molar-refractivity contribution in [3.8, 4) is 0 Å². The summed E-state index contributed by atoms with van der Waals surface area (Å²) < 4.78 is 0. The molecule has 102 valence electrons. The molecule has 1 unspecified atom stereocenters. The first kappa shape index (κ1) is 16.4. The molecule has 0 aliphatic heterocycles. The summed E-state index contributed by atoms with van der Waals surface area (Å²) >= 11 is 0. The molecule has 0 rings (SSSR count). The molecule has 4 nitrogen and oxygen atoms in total. The summed E-state index contributed by atoms with van der Waals surface area (Å²) in [5, 5.41) is 11.4. The third kappa shape index (κ3) is 10.3. The fourth-order valence-corrected chi connectivity index (χ4v) is 1.73. The largest absolute Gasteiger partial charge is 0.339 e. The van der Waals surface area contributed by atoms with Gasteiger partial charge in [-0.25, -0.2) is 0 Å². The zero-order valence-corrected chi connectivity index (χ0v) is 11.3. The lowest BCUT2D eigenvalue weighted by atomic mass is 10.1. The molecule has 1 atom stereocenters. The molecule has 3 N–H and O–H groups in total. The standard InChI is InChI=1S/C13H28N2O2/c1-3-5-6-7-8-9-10-11-13(16)14-12(4-2)15-17/h12,15,17H,3-11H2,1-2H3,(H,14,16). The maximum absolute atomic E-state index is 11.4. The monoisotopic (exact) mass is 244 g/mol. The highest BCUT2D eigenvalue weighted by atomic mass is 16.5. The molecule has 0 saturated heterocycles. The van der Waals surface area contributed by atoms with Crippen molar-refractivity contribution in [1.29, 1.82) is 0 Å². The number of carbonyl (C=O) groups excluding carboxylic acids is 1. The van der Waals surface area contributed by atoms with Crippen LogP contribution in [0.4, 0.5) is 0 Å². The first-order valence-electron chi connectivity index (χ1n) is 6.93. The van der Waals surface area contributed by atoms with Crippen molar-refractivity contribution < 1.29 is 10.0 Å². The lowest BCUT2D eigenvalue weighted by Crippen LogP contribution is -2.43. The molecule has 4 heteroatoms. The molecule has 17 heavy (non-hydrogen) atoms. The maximum Gasteiger partial charge on any atom is 0.221 e. The van der Waals surface area contributed by atoms with Crippen LogP contribution in [0.3, 0.4) is 0 Å². The molecular weight excluding hydrogens is 216 g/mol. The van der Waals surface area contributed by atoms with E-state index in [0.29, 0.717) is 12.8 Å². The summed E-state index contributed by atoms with van der Waals surface area (Å²) in [6, 6.07) is 0. The molecular formula is C13H28N2O2. The molecule has 0 aromatic heterocycles. The second-order valence-electron chi connectivity index (χ2n) is 4.53. The van der Waals surface area contributed by atoms with Gasteiger partial charge in [0.2, 0.25) is 5.91 Å². The van der Waals surface area contributed by atoms with Gasteiger partial charge in [0.05, 0.1) is 0 Å². The number of hydroxylamine groups is 1. The van der Waals surface area contributed by atoms with Gasteiger partial charge in [0, 0.05) is 6.42 Å². The molecule has 0 bridgehead atoms. The summed E-state index contributed by atoms with van der Waals surface area (Å²) in [5.74, 6) is 0.0203. The van der Waals surface area contributed by atoms with Crippen LogP contribution in [0.1, 0.15) is 71.6 Å². The van der Waals surface area contributed by atoms with E-state index in [9.17, 15) is 4.79 Å². The third-order valence-corrected chi connectivity index (χ3v) is 2.91. The topological polar surface area (TPSA) is 61.4 Å². The predicted octanol–water partition coefficient (Wildman–Crippen LogP) is 2.96. The third-order valence-electron chi connectivity index (χ3n) is 2.91. The van der Waals surface area contributed by atoms with E-state index in [0.717, 1.165) is 12.8 Å². The van der Waals surface area contributed by atoms with Gasteiger partial charge in [-0.3, -0.25) is 4.79 Å². The van der Waals surface area contributed by atoms with Crippen LogP contribution in [0.25, 0.3) is 0 Å². The molecule has 0 saturated carbocycles. The van der Waals surface area contributed by atoms with Crippen molar-refractivity contribution in [2.45, 2.75) is 77.8 Å². The average Bonchev–Trinajstić information content (AvgIpc) is 2.34. The minimum Gasteiger partial charge on any atom is -0.339 e. The van der Waals surface area contributed by atoms with Gasteiger partial charge in [-0.1, -0.05) is 52.4 Å². The van der Waals surface area contributed by atoms with Crippen LogP contribution < -0.4 is 10.8 Å². The molecule has 0 heterocycles. The summed E-state index contributed by atoms with van der Waals surface area (Å²) in [4.78, 5) is 11.4. The molecule has 0 aromatic carbocycles. The number of hydrogen-bond donors (Lipinski definition) is 3. The number of hydrogen-bond acceptors (Lipinski definition) is 3. The lowest BCUT2D eigenvalue weighted by molar-refractivity contribution is -0.123. The summed E-state index contributed by atoms with van der Waals surface area (Å²) in [6.07, 6.45) is 9.41. The molecule has 0 aliphatic carbocycles. The number of unbranched alkanes of at least 4 members (excludes halogenated alkanes) is 6. The second-order valence-corrected chi connectivity index (χ2v) is 4.53. The smallest absolute Gasteiger partial charge is 0.221 e. The van der Waals surface area contributed by atoms with Gasteiger partial charge >= 0.3 is 0 Å². The van der Waals surface area contributed by atoms with Crippen molar-refractivity contribution in [3.05, 3.63) is 0 Å². The van der Waals surface area contributed by atoms with Crippen LogP contribution >= 0.6 is 0 Å². The minimum absolute atomic E-state index is 0.0203. The Morgan fingerprint density at radius 3 is 2.18 bits per heavy atom. The Hall–Kier alpha value is -0.610. The van der Waals surface area contributed by atoms with E-state index >= 15 is 0 Å². The second kappa shape index (κ2) is 11.9. The van der Waals surface area contributed by atoms with Crippen LogP contribution in [-0.2, 0) is 4.79 Å². The van der Waals surface area contributed by atoms with Gasteiger partial charge in [-0.2, -0.15) is 5.48 Å². The van der Waals surface area contributed by atoms with Crippen LogP contribution in [0.2, 0.25) is 0 Å². The molecule has 0 aliphatic rings. The van der Waals surface area contributed by atoms with Crippen molar-refractivity contribution in [2.75, 3.05) is 0 Å². The van der Waals surface area contributed by atoms with Gasteiger partial charge in [0.25, 0.3) is 0 Å². The molecule has 0 fully saturated rings. The van der Waals surface area contributed by atoms with E-state index in [4.69, 9.17) is 5.21 Å². The Morgan fingerprint density at radius 1 is 1.06 bits per heavy atom. The number of amides is 1. The van der Waals surface area contributed by atoms with Crippen molar-refractivity contribution >= 4 is 5.91 Å². The van der Waals surface area contributed by atoms with E-state index in [2.05, 4.69) is 17.7 Å². The highest BCUT2D eigenvalue weighted by molar-refractivity contribution is 5.76. The van der Waals surface area contributed by atoms with Crippen LogP contribution in [0, 0.1) is 0 Å². The Morgan fingerprint density at radius 2 is 1.65 bits per heavy atom. The number of rotatable bonds is 11. The SMILES string of the molecule is CCCCCCCCCC(=O)NC(CC)NO. The Labute approximate surface area is 105 Å². The predicted molar refractivity (Wildman–Crippen MR) is 69.8 cm³/mol. The molecule has 1 amide bonds. The van der Waals surface area contributed by atoms with E-state index in [1.54, 1.807) is 0 Å². The molecule has 0 aromatic rings. The zero-order chi connectivity index (χ0) is 12.9. The van der Waals surface area contributed by atoms with E-state index in [1.165, 1.54) is 32.1 Å². The fraction of sp³-hybridized carbons (Fsp3) is 0.923. The zero-order valence-electron chi connectivity index (χ0n) is 11.3. The van der Waals surface area contributed by atoms with E-state index in [-0.39, 0.29) is 12.1 Å². The quantitative estimate of drug-likeness (QED) is 0.297. The molecule has 0 spiro atoms. The van der Waals surface area contributed by atoms with E-state index < -0.39 is 0 Å². The van der Waals surface area contributed by atoms with Gasteiger partial charge in [0.1, 0.15) is 6.17 Å². The summed E-state index contributed by atoms with van der Waals surface area (Å²) in [5.41, 5.74) is 2.08. The van der Waals surface area contributed by atoms with Crippen LogP contribution in [0.5, 0.6) is 0 Å².